The SMILES string of the molecule is CCCC(N)CC(=O)Nc1ccc(OC)cc1C(F)(F)F. The molecule has 3 N–H and O–H groups in total. The van der Waals surface area contributed by atoms with Crippen molar-refractivity contribution in [3.63, 3.8) is 0 Å². The van der Waals surface area contributed by atoms with E-state index in [1.165, 1.54) is 19.2 Å². The van der Waals surface area contributed by atoms with Gasteiger partial charge < -0.3 is 15.8 Å². The van der Waals surface area contributed by atoms with E-state index in [9.17, 15) is 18.0 Å². The summed E-state index contributed by atoms with van der Waals surface area (Å²) >= 11 is 0. The molecule has 0 bridgehead atoms. The fraction of sp³-hybridized carbons (Fsp3) is 0.500. The standard InChI is InChI=1S/C14H19F3N2O2/c1-3-4-9(18)7-13(20)19-12-6-5-10(21-2)8-11(12)14(15,16)17/h5-6,8-9H,3-4,7,18H2,1-2H3,(H,19,20). The molecule has 0 aliphatic heterocycles. The lowest BCUT2D eigenvalue weighted by Gasteiger charge is -2.16. The number of hydrogen-bond acceptors (Lipinski definition) is 3. The average molecular weight is 304 g/mol. The maximum absolute atomic E-state index is 13.0. The number of nitrogens with two attached hydrogens (primary N) is 1. The molecular formula is C14H19F3N2O2. The highest BCUT2D eigenvalue weighted by Crippen LogP contribution is 2.37. The maximum atomic E-state index is 13.0. The van der Waals surface area contributed by atoms with Gasteiger partial charge in [-0.3, -0.25) is 4.79 Å². The number of ether oxygens (including phenoxy) is 1. The van der Waals surface area contributed by atoms with E-state index in [1.807, 2.05) is 6.92 Å². The van der Waals surface area contributed by atoms with Crippen LogP contribution < -0.4 is 15.8 Å². The van der Waals surface area contributed by atoms with Crippen molar-refractivity contribution >= 4 is 11.6 Å². The molecule has 1 atom stereocenters. The van der Waals surface area contributed by atoms with Crippen LogP contribution in [0.1, 0.15) is 31.7 Å². The molecule has 21 heavy (non-hydrogen) atoms. The highest BCUT2D eigenvalue weighted by Gasteiger charge is 2.34. The molecule has 0 aliphatic carbocycles. The summed E-state index contributed by atoms with van der Waals surface area (Å²) in [6.45, 7) is 1.92. The molecule has 1 unspecified atom stereocenters. The van der Waals surface area contributed by atoms with E-state index < -0.39 is 17.6 Å². The Labute approximate surface area is 121 Å². The van der Waals surface area contributed by atoms with E-state index in [-0.39, 0.29) is 23.9 Å². The monoisotopic (exact) mass is 304 g/mol. The van der Waals surface area contributed by atoms with Crippen molar-refractivity contribution in [3.8, 4) is 5.75 Å². The van der Waals surface area contributed by atoms with Gasteiger partial charge in [0.2, 0.25) is 5.91 Å². The molecule has 0 aliphatic rings. The van der Waals surface area contributed by atoms with Gasteiger partial charge in [0.15, 0.2) is 0 Å². The zero-order valence-corrected chi connectivity index (χ0v) is 12.0. The molecule has 7 heteroatoms. The summed E-state index contributed by atoms with van der Waals surface area (Å²) in [5, 5.41) is 2.26. The van der Waals surface area contributed by atoms with E-state index in [2.05, 4.69) is 5.32 Å². The number of benzene rings is 1. The number of amides is 1. The number of methoxy groups -OCH3 is 1. The third-order valence-electron chi connectivity index (χ3n) is 2.91. The molecule has 1 rings (SSSR count). The van der Waals surface area contributed by atoms with E-state index >= 15 is 0 Å². The molecule has 0 saturated carbocycles. The van der Waals surface area contributed by atoms with Gasteiger partial charge in [-0.15, -0.1) is 0 Å². The fourth-order valence-corrected chi connectivity index (χ4v) is 1.91. The van der Waals surface area contributed by atoms with Gasteiger partial charge in [-0.05, 0) is 24.6 Å². The van der Waals surface area contributed by atoms with Crippen LogP contribution in [0.5, 0.6) is 5.75 Å². The fourth-order valence-electron chi connectivity index (χ4n) is 1.91. The van der Waals surface area contributed by atoms with Crippen molar-refractivity contribution in [3.05, 3.63) is 23.8 Å². The van der Waals surface area contributed by atoms with Crippen molar-refractivity contribution in [2.24, 2.45) is 5.73 Å². The highest BCUT2D eigenvalue weighted by molar-refractivity contribution is 5.92. The van der Waals surface area contributed by atoms with Crippen LogP contribution in [-0.4, -0.2) is 19.1 Å². The minimum atomic E-state index is -4.58. The van der Waals surface area contributed by atoms with Crippen molar-refractivity contribution < 1.29 is 22.7 Å². The summed E-state index contributed by atoms with van der Waals surface area (Å²) in [4.78, 5) is 11.7. The first-order valence-corrected chi connectivity index (χ1v) is 6.58. The van der Waals surface area contributed by atoms with Gasteiger partial charge in [0.25, 0.3) is 0 Å². The second kappa shape index (κ2) is 7.31. The number of carbonyl (C=O) groups excluding carboxylic acids is 1. The molecule has 1 aromatic rings. The highest BCUT2D eigenvalue weighted by atomic mass is 19.4. The van der Waals surface area contributed by atoms with Crippen molar-refractivity contribution in [2.45, 2.75) is 38.4 Å². The Morgan fingerprint density at radius 2 is 2.10 bits per heavy atom. The van der Waals surface area contributed by atoms with Crippen LogP contribution in [-0.2, 0) is 11.0 Å². The van der Waals surface area contributed by atoms with Crippen LogP contribution in [0.2, 0.25) is 0 Å². The van der Waals surface area contributed by atoms with Gasteiger partial charge in [-0.1, -0.05) is 13.3 Å². The Balaban J connectivity index is 2.90. The Hall–Kier alpha value is -1.76. The largest absolute Gasteiger partial charge is 0.497 e. The van der Waals surface area contributed by atoms with Gasteiger partial charge >= 0.3 is 6.18 Å². The molecule has 0 aromatic heterocycles. The number of carbonyl (C=O) groups is 1. The van der Waals surface area contributed by atoms with Crippen LogP contribution in [0.25, 0.3) is 0 Å². The van der Waals surface area contributed by atoms with Crippen molar-refractivity contribution in [1.82, 2.24) is 0 Å². The van der Waals surface area contributed by atoms with Crippen LogP contribution in [0.15, 0.2) is 18.2 Å². The number of rotatable bonds is 6. The number of alkyl halides is 3. The molecule has 1 aromatic carbocycles. The Morgan fingerprint density at radius 3 is 2.62 bits per heavy atom. The molecule has 118 valence electrons. The lowest BCUT2D eigenvalue weighted by atomic mass is 10.1. The molecule has 0 radical (unpaired) electrons. The number of anilines is 1. The van der Waals surface area contributed by atoms with Gasteiger partial charge in [-0.2, -0.15) is 13.2 Å². The Bertz CT molecular complexity index is 490. The quantitative estimate of drug-likeness (QED) is 0.848. The first kappa shape index (κ1) is 17.3. The molecule has 0 fully saturated rings. The van der Waals surface area contributed by atoms with E-state index in [1.54, 1.807) is 0 Å². The van der Waals surface area contributed by atoms with E-state index in [0.29, 0.717) is 6.42 Å². The van der Waals surface area contributed by atoms with E-state index in [0.717, 1.165) is 12.5 Å². The summed E-state index contributed by atoms with van der Waals surface area (Å²) in [7, 11) is 1.28. The number of hydrogen-bond donors (Lipinski definition) is 2. The molecule has 0 saturated heterocycles. The second-order valence-corrected chi connectivity index (χ2v) is 4.71. The maximum Gasteiger partial charge on any atom is 0.418 e. The van der Waals surface area contributed by atoms with Gasteiger partial charge in [-0.25, -0.2) is 0 Å². The zero-order valence-electron chi connectivity index (χ0n) is 12.0. The third-order valence-corrected chi connectivity index (χ3v) is 2.91. The average Bonchev–Trinajstić information content (AvgIpc) is 2.37. The van der Waals surface area contributed by atoms with Crippen LogP contribution in [0, 0.1) is 0 Å². The Morgan fingerprint density at radius 1 is 1.43 bits per heavy atom. The normalized spacial score (nSPS) is 12.9. The molecule has 0 heterocycles. The molecular weight excluding hydrogens is 285 g/mol. The molecule has 1 amide bonds. The Kier molecular flexibility index (Phi) is 6.02. The first-order chi connectivity index (χ1) is 9.77. The van der Waals surface area contributed by atoms with Crippen molar-refractivity contribution in [2.75, 3.05) is 12.4 Å². The van der Waals surface area contributed by atoms with E-state index in [4.69, 9.17) is 10.5 Å². The minimum Gasteiger partial charge on any atom is -0.497 e. The van der Waals surface area contributed by atoms with Crippen LogP contribution in [0.3, 0.4) is 0 Å². The zero-order chi connectivity index (χ0) is 16.0. The summed E-state index contributed by atoms with van der Waals surface area (Å²) in [6, 6.07) is 3.02. The smallest absolute Gasteiger partial charge is 0.418 e. The summed E-state index contributed by atoms with van der Waals surface area (Å²) in [5.74, 6) is -0.463. The third kappa shape index (κ3) is 5.26. The lowest BCUT2D eigenvalue weighted by molar-refractivity contribution is -0.137. The summed E-state index contributed by atoms with van der Waals surface area (Å²) < 4.78 is 43.7. The predicted molar refractivity (Wildman–Crippen MR) is 74.1 cm³/mol. The van der Waals surface area contributed by atoms with Crippen molar-refractivity contribution in [1.29, 1.82) is 0 Å². The van der Waals surface area contributed by atoms with Gasteiger partial charge in [0.1, 0.15) is 5.75 Å². The van der Waals surface area contributed by atoms with Gasteiger partial charge in [0, 0.05) is 12.5 Å². The number of nitrogens with one attached hydrogen (secondary N) is 1. The molecule has 4 nitrogen and oxygen atoms in total. The topological polar surface area (TPSA) is 64.4 Å². The van der Waals surface area contributed by atoms with Gasteiger partial charge in [0.05, 0.1) is 18.4 Å². The minimum absolute atomic E-state index is 0.0167. The van der Waals surface area contributed by atoms with Crippen LogP contribution >= 0.6 is 0 Å². The summed E-state index contributed by atoms with van der Waals surface area (Å²) in [6.07, 6.45) is -3.15. The second-order valence-electron chi connectivity index (χ2n) is 4.71. The summed E-state index contributed by atoms with van der Waals surface area (Å²) in [5.41, 5.74) is 4.47. The van der Waals surface area contributed by atoms with Crippen LogP contribution in [0.4, 0.5) is 18.9 Å². The predicted octanol–water partition coefficient (Wildman–Crippen LogP) is 3.17. The number of halogens is 3. The lowest BCUT2D eigenvalue weighted by Crippen LogP contribution is -2.27. The molecule has 0 spiro atoms. The first-order valence-electron chi connectivity index (χ1n) is 6.58.